The van der Waals surface area contributed by atoms with Gasteiger partial charge in [-0.2, -0.15) is 0 Å². The SMILES string of the molecule is CN(Cc1cccn1C)C(=O)Cc1ccc(F)cc1. The zero-order valence-corrected chi connectivity index (χ0v) is 11.1. The van der Waals surface area contributed by atoms with Crippen LogP contribution in [0.5, 0.6) is 0 Å². The fourth-order valence-corrected chi connectivity index (χ4v) is 1.90. The molecule has 1 heterocycles. The highest BCUT2D eigenvalue weighted by Crippen LogP contribution is 2.08. The molecule has 0 spiro atoms. The van der Waals surface area contributed by atoms with Crippen LogP contribution >= 0.6 is 0 Å². The molecule has 0 atom stereocenters. The number of aromatic nitrogens is 1. The van der Waals surface area contributed by atoms with Crippen LogP contribution in [-0.4, -0.2) is 22.4 Å². The molecule has 19 heavy (non-hydrogen) atoms. The maximum Gasteiger partial charge on any atom is 0.227 e. The molecule has 0 bridgehead atoms. The van der Waals surface area contributed by atoms with E-state index in [9.17, 15) is 9.18 Å². The molecule has 0 unspecified atom stereocenters. The van der Waals surface area contributed by atoms with Crippen LogP contribution in [0.25, 0.3) is 0 Å². The number of benzene rings is 1. The number of rotatable bonds is 4. The maximum absolute atomic E-state index is 12.8. The van der Waals surface area contributed by atoms with Crippen molar-refractivity contribution in [3.8, 4) is 0 Å². The Balaban J connectivity index is 1.96. The summed E-state index contributed by atoms with van der Waals surface area (Å²) in [6.45, 7) is 0.573. The topological polar surface area (TPSA) is 25.2 Å². The standard InChI is InChI=1S/C15H17FN2O/c1-17-9-3-4-14(17)11-18(2)15(19)10-12-5-7-13(16)8-6-12/h3-9H,10-11H2,1-2H3. The highest BCUT2D eigenvalue weighted by Gasteiger charge is 2.11. The molecule has 2 rings (SSSR count). The van der Waals surface area contributed by atoms with E-state index in [2.05, 4.69) is 0 Å². The van der Waals surface area contributed by atoms with Crippen LogP contribution in [0, 0.1) is 5.82 Å². The molecular formula is C15H17FN2O. The van der Waals surface area contributed by atoms with Crippen LogP contribution in [0.4, 0.5) is 4.39 Å². The summed E-state index contributed by atoms with van der Waals surface area (Å²) in [4.78, 5) is 13.7. The van der Waals surface area contributed by atoms with Crippen LogP contribution < -0.4 is 0 Å². The molecule has 0 aliphatic carbocycles. The van der Waals surface area contributed by atoms with Crippen molar-refractivity contribution >= 4 is 5.91 Å². The third kappa shape index (κ3) is 3.44. The van der Waals surface area contributed by atoms with E-state index in [1.807, 2.05) is 29.9 Å². The fourth-order valence-electron chi connectivity index (χ4n) is 1.90. The summed E-state index contributed by atoms with van der Waals surface area (Å²) in [5.74, 6) is -0.263. The molecular weight excluding hydrogens is 243 g/mol. The van der Waals surface area contributed by atoms with Crippen molar-refractivity contribution in [2.45, 2.75) is 13.0 Å². The lowest BCUT2D eigenvalue weighted by atomic mass is 10.1. The monoisotopic (exact) mass is 260 g/mol. The lowest BCUT2D eigenvalue weighted by molar-refractivity contribution is -0.129. The van der Waals surface area contributed by atoms with E-state index in [0.717, 1.165) is 11.3 Å². The van der Waals surface area contributed by atoms with E-state index in [1.165, 1.54) is 12.1 Å². The van der Waals surface area contributed by atoms with Crippen molar-refractivity contribution in [1.82, 2.24) is 9.47 Å². The van der Waals surface area contributed by atoms with Crippen molar-refractivity contribution in [3.63, 3.8) is 0 Å². The molecule has 0 aliphatic rings. The lowest BCUT2D eigenvalue weighted by Crippen LogP contribution is -2.28. The first-order valence-corrected chi connectivity index (χ1v) is 6.15. The Morgan fingerprint density at radius 2 is 1.95 bits per heavy atom. The molecule has 0 saturated heterocycles. The number of halogens is 1. The molecule has 0 fully saturated rings. The van der Waals surface area contributed by atoms with Crippen LogP contribution in [0.2, 0.25) is 0 Å². The number of amides is 1. The second kappa shape index (κ2) is 5.69. The minimum Gasteiger partial charge on any atom is -0.353 e. The van der Waals surface area contributed by atoms with E-state index in [-0.39, 0.29) is 11.7 Å². The van der Waals surface area contributed by atoms with E-state index >= 15 is 0 Å². The van der Waals surface area contributed by atoms with Crippen LogP contribution in [0.3, 0.4) is 0 Å². The molecule has 3 nitrogen and oxygen atoms in total. The normalized spacial score (nSPS) is 10.5. The summed E-state index contributed by atoms with van der Waals surface area (Å²) in [5.41, 5.74) is 1.90. The van der Waals surface area contributed by atoms with Crippen molar-refractivity contribution < 1.29 is 9.18 Å². The van der Waals surface area contributed by atoms with Gasteiger partial charge < -0.3 is 9.47 Å². The van der Waals surface area contributed by atoms with Gasteiger partial charge in [0.15, 0.2) is 0 Å². The van der Waals surface area contributed by atoms with E-state index in [0.29, 0.717) is 13.0 Å². The fraction of sp³-hybridized carbons (Fsp3) is 0.267. The summed E-state index contributed by atoms with van der Waals surface area (Å²) in [7, 11) is 3.73. The van der Waals surface area contributed by atoms with Gasteiger partial charge in [0, 0.05) is 26.0 Å². The highest BCUT2D eigenvalue weighted by molar-refractivity contribution is 5.78. The van der Waals surface area contributed by atoms with E-state index in [4.69, 9.17) is 0 Å². The zero-order chi connectivity index (χ0) is 13.8. The predicted molar refractivity (Wildman–Crippen MR) is 72.0 cm³/mol. The summed E-state index contributed by atoms with van der Waals surface area (Å²) in [6, 6.07) is 9.97. The average molecular weight is 260 g/mol. The number of likely N-dealkylation sites (N-methyl/N-ethyl adjacent to an activating group) is 1. The summed E-state index contributed by atoms with van der Waals surface area (Å²) >= 11 is 0. The largest absolute Gasteiger partial charge is 0.353 e. The quantitative estimate of drug-likeness (QED) is 0.828. The number of carbonyl (C=O) groups excluding carboxylic acids is 1. The van der Waals surface area contributed by atoms with E-state index < -0.39 is 0 Å². The Hall–Kier alpha value is -2.10. The number of aryl methyl sites for hydroxylation is 1. The number of nitrogens with zero attached hydrogens (tertiary/aromatic N) is 2. The Morgan fingerprint density at radius 3 is 2.53 bits per heavy atom. The highest BCUT2D eigenvalue weighted by atomic mass is 19.1. The van der Waals surface area contributed by atoms with Gasteiger partial charge in [-0.25, -0.2) is 4.39 Å². The average Bonchev–Trinajstić information content (AvgIpc) is 2.78. The van der Waals surface area contributed by atoms with Crippen molar-refractivity contribution in [2.75, 3.05) is 7.05 Å². The molecule has 1 aromatic heterocycles. The lowest BCUT2D eigenvalue weighted by Gasteiger charge is -2.17. The molecule has 1 amide bonds. The van der Waals surface area contributed by atoms with E-state index in [1.54, 1.807) is 24.1 Å². The molecule has 100 valence electrons. The molecule has 0 N–H and O–H groups in total. The summed E-state index contributed by atoms with van der Waals surface area (Å²) < 4.78 is 14.8. The molecule has 1 aromatic carbocycles. The third-order valence-electron chi connectivity index (χ3n) is 3.14. The van der Waals surface area contributed by atoms with Gasteiger partial charge in [-0.3, -0.25) is 4.79 Å². The molecule has 0 saturated carbocycles. The zero-order valence-electron chi connectivity index (χ0n) is 11.1. The Labute approximate surface area is 112 Å². The van der Waals surface area contributed by atoms with Crippen LogP contribution in [-0.2, 0) is 24.8 Å². The van der Waals surface area contributed by atoms with Gasteiger partial charge >= 0.3 is 0 Å². The first-order chi connectivity index (χ1) is 9.06. The van der Waals surface area contributed by atoms with Crippen molar-refractivity contribution in [2.24, 2.45) is 7.05 Å². The van der Waals surface area contributed by atoms with Crippen molar-refractivity contribution in [1.29, 1.82) is 0 Å². The Kier molecular flexibility index (Phi) is 4.00. The van der Waals surface area contributed by atoms with Crippen LogP contribution in [0.15, 0.2) is 42.6 Å². The molecule has 0 radical (unpaired) electrons. The van der Waals surface area contributed by atoms with Gasteiger partial charge in [0.05, 0.1) is 13.0 Å². The van der Waals surface area contributed by atoms with Crippen LogP contribution in [0.1, 0.15) is 11.3 Å². The molecule has 4 heteroatoms. The second-order valence-electron chi connectivity index (χ2n) is 4.66. The summed E-state index contributed by atoms with van der Waals surface area (Å²) in [5, 5.41) is 0. The Bertz CT molecular complexity index is 560. The van der Waals surface area contributed by atoms with Gasteiger partial charge in [-0.05, 0) is 29.8 Å². The first-order valence-electron chi connectivity index (χ1n) is 6.15. The van der Waals surface area contributed by atoms with Crippen molar-refractivity contribution in [3.05, 3.63) is 59.7 Å². The van der Waals surface area contributed by atoms with Gasteiger partial charge in [0.2, 0.25) is 5.91 Å². The van der Waals surface area contributed by atoms with Gasteiger partial charge in [0.1, 0.15) is 5.82 Å². The van der Waals surface area contributed by atoms with Gasteiger partial charge in [-0.15, -0.1) is 0 Å². The summed E-state index contributed by atoms with van der Waals surface area (Å²) in [6.07, 6.45) is 2.24. The van der Waals surface area contributed by atoms with Gasteiger partial charge in [0.25, 0.3) is 0 Å². The third-order valence-corrected chi connectivity index (χ3v) is 3.14. The molecule has 0 aliphatic heterocycles. The Morgan fingerprint density at radius 1 is 1.26 bits per heavy atom. The minimum absolute atomic E-state index is 0.0211. The molecule has 2 aromatic rings. The predicted octanol–water partition coefficient (Wildman–Crippen LogP) is 2.37. The smallest absolute Gasteiger partial charge is 0.227 e. The van der Waals surface area contributed by atoms with Gasteiger partial charge in [-0.1, -0.05) is 12.1 Å². The maximum atomic E-state index is 12.8. The number of hydrogen-bond donors (Lipinski definition) is 0. The number of hydrogen-bond acceptors (Lipinski definition) is 1. The number of carbonyl (C=O) groups is 1. The first kappa shape index (κ1) is 13.3. The second-order valence-corrected chi connectivity index (χ2v) is 4.66. The minimum atomic E-state index is -0.284.